The van der Waals surface area contributed by atoms with E-state index in [0.29, 0.717) is 34.2 Å². The minimum Gasteiger partial charge on any atom is -0.482 e. The summed E-state index contributed by atoms with van der Waals surface area (Å²) in [6.07, 6.45) is 3.78. The molecule has 0 saturated heterocycles. The van der Waals surface area contributed by atoms with Crippen molar-refractivity contribution >= 4 is 46.3 Å². The first kappa shape index (κ1) is 24.9. The number of amides is 2. The van der Waals surface area contributed by atoms with Crippen molar-refractivity contribution in [2.24, 2.45) is 11.0 Å². The van der Waals surface area contributed by atoms with Gasteiger partial charge in [-0.05, 0) is 67.5 Å². The Balaban J connectivity index is 1.62. The third-order valence-electron chi connectivity index (χ3n) is 5.05. The Kier molecular flexibility index (Phi) is 8.36. The van der Waals surface area contributed by atoms with E-state index in [1.54, 1.807) is 31.2 Å². The number of hydrazone groups is 1. The van der Waals surface area contributed by atoms with Crippen molar-refractivity contribution in [3.63, 3.8) is 0 Å². The molecule has 0 spiro atoms. The number of hydrogen-bond donors (Lipinski definition) is 3. The van der Waals surface area contributed by atoms with Crippen LogP contribution in [0.15, 0.2) is 29.4 Å². The molecule has 11 heteroatoms. The van der Waals surface area contributed by atoms with E-state index in [1.807, 2.05) is 0 Å². The van der Waals surface area contributed by atoms with Gasteiger partial charge < -0.3 is 19.9 Å². The number of esters is 1. The number of anilines is 1. The lowest BCUT2D eigenvalue weighted by atomic mass is 9.88. The van der Waals surface area contributed by atoms with Crippen molar-refractivity contribution in [1.29, 1.82) is 0 Å². The molecule has 3 N–H and O–H groups in total. The van der Waals surface area contributed by atoms with Gasteiger partial charge in [0.1, 0.15) is 10.8 Å². The minimum absolute atomic E-state index is 0.203. The van der Waals surface area contributed by atoms with Gasteiger partial charge in [0, 0.05) is 4.88 Å². The summed E-state index contributed by atoms with van der Waals surface area (Å²) in [6, 6.07) is 6.32. The largest absolute Gasteiger partial charge is 0.482 e. The number of carboxylic acids is 1. The van der Waals surface area contributed by atoms with Gasteiger partial charge in [0.05, 0.1) is 18.4 Å². The predicted molar refractivity (Wildman–Crippen MR) is 125 cm³/mol. The van der Waals surface area contributed by atoms with E-state index in [2.05, 4.69) is 22.8 Å². The summed E-state index contributed by atoms with van der Waals surface area (Å²) in [5, 5.41) is 15.2. The molecule has 1 aromatic heterocycles. The van der Waals surface area contributed by atoms with Gasteiger partial charge in [0.2, 0.25) is 0 Å². The molecule has 180 valence electrons. The fourth-order valence-corrected chi connectivity index (χ4v) is 4.82. The van der Waals surface area contributed by atoms with Crippen LogP contribution in [-0.4, -0.2) is 48.3 Å². The summed E-state index contributed by atoms with van der Waals surface area (Å²) in [4.78, 5) is 48.7. The summed E-state index contributed by atoms with van der Waals surface area (Å²) in [6.45, 7) is 3.59. The standard InChI is InChI=1S/C23H25N3O7S/c1-3-32-23(31)19-16-9-4-13(2)10-17(16)34-22(19)25-20(29)21(30)26-24-11-14-5-7-15(8-6-14)33-12-18(27)28/h5-8,11,13H,3-4,9-10,12H2,1-2H3,(H,25,29)(H,26,30)(H,27,28)/b24-11+. The van der Waals surface area contributed by atoms with Crippen LogP contribution in [0.5, 0.6) is 5.75 Å². The maximum absolute atomic E-state index is 12.5. The average Bonchev–Trinajstić information content (AvgIpc) is 3.15. The number of hydrogen-bond acceptors (Lipinski definition) is 8. The van der Waals surface area contributed by atoms with Gasteiger partial charge in [-0.2, -0.15) is 5.10 Å². The summed E-state index contributed by atoms with van der Waals surface area (Å²) in [5.41, 5.74) is 3.94. The first-order valence-corrected chi connectivity index (χ1v) is 11.5. The number of nitrogens with one attached hydrogen (secondary N) is 2. The number of benzene rings is 1. The summed E-state index contributed by atoms with van der Waals surface area (Å²) in [5.74, 6) is -2.70. The smallest absolute Gasteiger partial charge is 0.341 e. The van der Waals surface area contributed by atoms with Gasteiger partial charge in [0.25, 0.3) is 0 Å². The molecule has 0 aliphatic heterocycles. The zero-order valence-electron chi connectivity index (χ0n) is 18.8. The minimum atomic E-state index is -1.08. The maximum atomic E-state index is 12.5. The maximum Gasteiger partial charge on any atom is 0.341 e. The zero-order valence-corrected chi connectivity index (χ0v) is 19.6. The normalized spacial score (nSPS) is 14.8. The number of carboxylic acid groups (broad SMARTS) is 1. The summed E-state index contributed by atoms with van der Waals surface area (Å²) < 4.78 is 10.2. The van der Waals surface area contributed by atoms with E-state index in [9.17, 15) is 19.2 Å². The first-order valence-electron chi connectivity index (χ1n) is 10.7. The highest BCUT2D eigenvalue weighted by molar-refractivity contribution is 7.17. The molecule has 1 heterocycles. The lowest BCUT2D eigenvalue weighted by Gasteiger charge is -2.18. The molecule has 34 heavy (non-hydrogen) atoms. The molecule has 0 bridgehead atoms. The Morgan fingerprint density at radius 3 is 2.62 bits per heavy atom. The van der Waals surface area contributed by atoms with Crippen LogP contribution in [-0.2, 0) is 32.0 Å². The van der Waals surface area contributed by atoms with Crippen LogP contribution >= 0.6 is 11.3 Å². The molecule has 2 aromatic rings. The Bertz CT molecular complexity index is 1110. The second-order valence-electron chi connectivity index (χ2n) is 7.68. The van der Waals surface area contributed by atoms with E-state index in [4.69, 9.17) is 14.6 Å². The number of rotatable bonds is 8. The number of fused-ring (bicyclic) bond motifs is 1. The van der Waals surface area contributed by atoms with Crippen LogP contribution in [0.25, 0.3) is 0 Å². The molecule has 1 aliphatic carbocycles. The Labute approximate surface area is 199 Å². The highest BCUT2D eigenvalue weighted by atomic mass is 32.1. The SMILES string of the molecule is CCOC(=O)c1c(NC(=O)C(=O)N/N=C/c2ccc(OCC(=O)O)cc2)sc2c1CCC(C)C2. The summed E-state index contributed by atoms with van der Waals surface area (Å²) in [7, 11) is 0. The van der Waals surface area contributed by atoms with Crippen LogP contribution in [0.3, 0.4) is 0 Å². The molecule has 0 saturated carbocycles. The lowest BCUT2D eigenvalue weighted by Crippen LogP contribution is -2.32. The number of aliphatic carboxylic acids is 1. The van der Waals surface area contributed by atoms with E-state index < -0.39 is 30.4 Å². The third-order valence-corrected chi connectivity index (χ3v) is 6.22. The molecular formula is C23H25N3O7S. The van der Waals surface area contributed by atoms with E-state index in [0.717, 1.165) is 23.3 Å². The molecular weight excluding hydrogens is 462 g/mol. The zero-order chi connectivity index (χ0) is 24.7. The number of carbonyl (C=O) groups excluding carboxylic acids is 3. The number of nitrogens with zero attached hydrogens (tertiary/aromatic N) is 1. The van der Waals surface area contributed by atoms with Crippen molar-refractivity contribution in [3.05, 3.63) is 45.8 Å². The molecule has 1 atom stereocenters. The molecule has 0 fully saturated rings. The van der Waals surface area contributed by atoms with E-state index >= 15 is 0 Å². The van der Waals surface area contributed by atoms with Crippen molar-refractivity contribution in [3.8, 4) is 5.75 Å². The quantitative estimate of drug-likeness (QED) is 0.225. The number of ether oxygens (including phenoxy) is 2. The van der Waals surface area contributed by atoms with Crippen LogP contribution in [0, 0.1) is 5.92 Å². The van der Waals surface area contributed by atoms with Gasteiger partial charge in [-0.15, -0.1) is 11.3 Å². The monoisotopic (exact) mass is 487 g/mol. The third kappa shape index (κ3) is 6.41. The second-order valence-corrected chi connectivity index (χ2v) is 8.79. The molecule has 1 unspecified atom stereocenters. The van der Waals surface area contributed by atoms with E-state index in [-0.39, 0.29) is 6.61 Å². The van der Waals surface area contributed by atoms with Crippen LogP contribution in [0.4, 0.5) is 5.00 Å². The molecule has 0 radical (unpaired) electrons. The number of thiophene rings is 1. The van der Waals surface area contributed by atoms with Crippen molar-refractivity contribution in [2.75, 3.05) is 18.5 Å². The van der Waals surface area contributed by atoms with E-state index in [1.165, 1.54) is 17.6 Å². The van der Waals surface area contributed by atoms with Gasteiger partial charge >= 0.3 is 23.8 Å². The Morgan fingerprint density at radius 2 is 1.94 bits per heavy atom. The van der Waals surface area contributed by atoms with Gasteiger partial charge in [-0.3, -0.25) is 9.59 Å². The molecule has 2 amide bonds. The first-order chi connectivity index (χ1) is 16.3. The second kappa shape index (κ2) is 11.4. The Hall–Kier alpha value is -3.73. The van der Waals surface area contributed by atoms with Crippen LogP contribution in [0.1, 0.15) is 46.6 Å². The molecule has 1 aliphatic rings. The number of carbonyl (C=O) groups is 4. The van der Waals surface area contributed by atoms with Crippen molar-refractivity contribution in [2.45, 2.75) is 33.1 Å². The summed E-state index contributed by atoms with van der Waals surface area (Å²) >= 11 is 1.29. The fourth-order valence-electron chi connectivity index (χ4n) is 3.43. The van der Waals surface area contributed by atoms with Crippen LogP contribution < -0.4 is 15.5 Å². The fraction of sp³-hybridized carbons (Fsp3) is 0.348. The molecule has 3 rings (SSSR count). The predicted octanol–water partition coefficient (Wildman–Crippen LogP) is 2.60. The van der Waals surface area contributed by atoms with Gasteiger partial charge in [-0.1, -0.05) is 6.92 Å². The van der Waals surface area contributed by atoms with Crippen LogP contribution in [0.2, 0.25) is 0 Å². The van der Waals surface area contributed by atoms with Crippen molar-refractivity contribution in [1.82, 2.24) is 5.43 Å². The molecule has 1 aromatic carbocycles. The highest BCUT2D eigenvalue weighted by Gasteiger charge is 2.30. The highest BCUT2D eigenvalue weighted by Crippen LogP contribution is 2.40. The lowest BCUT2D eigenvalue weighted by molar-refractivity contribution is -0.139. The van der Waals surface area contributed by atoms with Gasteiger partial charge in [-0.25, -0.2) is 15.0 Å². The molecule has 10 nitrogen and oxygen atoms in total. The Morgan fingerprint density at radius 1 is 1.21 bits per heavy atom. The topological polar surface area (TPSA) is 143 Å². The average molecular weight is 488 g/mol. The van der Waals surface area contributed by atoms with Crippen molar-refractivity contribution < 1.29 is 33.8 Å². The van der Waals surface area contributed by atoms with Gasteiger partial charge in [0.15, 0.2) is 6.61 Å².